The van der Waals surface area contributed by atoms with Gasteiger partial charge >= 0.3 is 5.63 Å². The Hall–Kier alpha value is -1.88. The van der Waals surface area contributed by atoms with Crippen LogP contribution in [-0.4, -0.2) is 9.78 Å². The number of rotatable bonds is 2. The number of fused-ring (bicyclic) bond motifs is 1. The zero-order valence-electron chi connectivity index (χ0n) is 10.1. The zero-order valence-corrected chi connectivity index (χ0v) is 11.0. The zero-order chi connectivity index (χ0) is 12.7. The van der Waals surface area contributed by atoms with Crippen LogP contribution < -0.4 is 5.63 Å². The summed E-state index contributed by atoms with van der Waals surface area (Å²) in [5.74, 6) is 0. The van der Waals surface area contributed by atoms with Crippen LogP contribution in [0.5, 0.6) is 0 Å². The molecule has 0 radical (unpaired) electrons. The van der Waals surface area contributed by atoms with E-state index in [0.29, 0.717) is 12.3 Å². The van der Waals surface area contributed by atoms with Crippen molar-refractivity contribution in [2.24, 2.45) is 0 Å². The van der Waals surface area contributed by atoms with E-state index in [1.807, 2.05) is 30.0 Å². The predicted octanol–water partition coefficient (Wildman–Crippen LogP) is 2.72. The second-order valence-electron chi connectivity index (χ2n) is 4.25. The Labute approximate surface area is 107 Å². The molecule has 0 fully saturated rings. The molecule has 5 heteroatoms. The number of aromatic nitrogens is 2. The van der Waals surface area contributed by atoms with Gasteiger partial charge in [0.25, 0.3) is 0 Å². The predicted molar refractivity (Wildman–Crippen MR) is 71.2 cm³/mol. The van der Waals surface area contributed by atoms with E-state index in [9.17, 15) is 4.79 Å². The minimum atomic E-state index is -0.347. The molecule has 92 valence electrons. The number of nitrogens with zero attached hydrogens (tertiary/aromatic N) is 2. The maximum atomic E-state index is 11.3. The summed E-state index contributed by atoms with van der Waals surface area (Å²) in [5.41, 5.74) is 2.02. The topological polar surface area (TPSA) is 48.0 Å². The van der Waals surface area contributed by atoms with Crippen LogP contribution in [0.4, 0.5) is 0 Å². The van der Waals surface area contributed by atoms with Crippen LogP contribution >= 0.6 is 11.3 Å². The summed E-state index contributed by atoms with van der Waals surface area (Å²) in [6.07, 6.45) is 0. The van der Waals surface area contributed by atoms with Crippen LogP contribution in [0.2, 0.25) is 0 Å². The molecule has 0 amide bonds. The minimum Gasteiger partial charge on any atom is -0.402 e. The Morgan fingerprint density at radius 3 is 3.00 bits per heavy atom. The van der Waals surface area contributed by atoms with E-state index in [2.05, 4.69) is 11.2 Å². The van der Waals surface area contributed by atoms with E-state index in [-0.39, 0.29) is 5.63 Å². The molecule has 3 rings (SSSR count). The van der Waals surface area contributed by atoms with Crippen LogP contribution in [0.15, 0.2) is 32.8 Å². The SMILES string of the molecule is Cc1cc(=O)oc2nn(Cc3cccs3)c(C)c12. The number of hydrogen-bond acceptors (Lipinski definition) is 4. The van der Waals surface area contributed by atoms with Crippen molar-refractivity contribution >= 4 is 22.4 Å². The van der Waals surface area contributed by atoms with Crippen molar-refractivity contribution in [1.82, 2.24) is 9.78 Å². The van der Waals surface area contributed by atoms with E-state index < -0.39 is 0 Å². The Bertz CT molecular complexity index is 753. The van der Waals surface area contributed by atoms with Gasteiger partial charge in [0.05, 0.1) is 11.9 Å². The van der Waals surface area contributed by atoms with Crippen molar-refractivity contribution in [2.75, 3.05) is 0 Å². The van der Waals surface area contributed by atoms with Gasteiger partial charge in [0.2, 0.25) is 5.71 Å². The smallest absolute Gasteiger partial charge is 0.337 e. The first-order chi connectivity index (χ1) is 8.65. The fourth-order valence-corrected chi connectivity index (χ4v) is 2.81. The van der Waals surface area contributed by atoms with E-state index in [4.69, 9.17) is 4.42 Å². The van der Waals surface area contributed by atoms with Crippen molar-refractivity contribution in [3.8, 4) is 0 Å². The Kier molecular flexibility index (Phi) is 2.56. The summed E-state index contributed by atoms with van der Waals surface area (Å²) >= 11 is 1.69. The minimum absolute atomic E-state index is 0.347. The van der Waals surface area contributed by atoms with Crippen LogP contribution in [-0.2, 0) is 6.54 Å². The summed E-state index contributed by atoms with van der Waals surface area (Å²) < 4.78 is 7.02. The van der Waals surface area contributed by atoms with Crippen molar-refractivity contribution in [1.29, 1.82) is 0 Å². The summed E-state index contributed by atoms with van der Waals surface area (Å²) in [5, 5.41) is 7.34. The molecule has 3 aromatic heterocycles. The molecule has 0 N–H and O–H groups in total. The fourth-order valence-electron chi connectivity index (χ4n) is 2.12. The average molecular weight is 260 g/mol. The highest BCUT2D eigenvalue weighted by atomic mass is 32.1. The van der Waals surface area contributed by atoms with Gasteiger partial charge in [0.1, 0.15) is 0 Å². The van der Waals surface area contributed by atoms with Crippen LogP contribution in [0, 0.1) is 13.8 Å². The molecule has 0 bridgehead atoms. The molecule has 0 saturated heterocycles. The average Bonchev–Trinajstić information content (AvgIpc) is 2.88. The van der Waals surface area contributed by atoms with Crippen molar-refractivity contribution in [2.45, 2.75) is 20.4 Å². The molecule has 3 heterocycles. The molecule has 0 atom stereocenters. The lowest BCUT2D eigenvalue weighted by Crippen LogP contribution is -2.01. The van der Waals surface area contributed by atoms with Gasteiger partial charge < -0.3 is 4.42 Å². The van der Waals surface area contributed by atoms with Crippen LogP contribution in [0.3, 0.4) is 0 Å². The lowest BCUT2D eigenvalue weighted by Gasteiger charge is -2.01. The fraction of sp³-hybridized carbons (Fsp3) is 0.231. The van der Waals surface area contributed by atoms with Gasteiger partial charge in [0.15, 0.2) is 0 Å². The quantitative estimate of drug-likeness (QED) is 0.711. The molecule has 4 nitrogen and oxygen atoms in total. The largest absolute Gasteiger partial charge is 0.402 e. The molecular formula is C13H12N2O2S. The molecule has 0 spiro atoms. The standard InChI is InChI=1S/C13H12N2O2S/c1-8-6-11(16)17-13-12(8)9(2)15(14-13)7-10-4-3-5-18-10/h3-6H,7H2,1-2H3. The number of thiophene rings is 1. The molecule has 3 aromatic rings. The maximum absolute atomic E-state index is 11.3. The third kappa shape index (κ3) is 1.76. The van der Waals surface area contributed by atoms with Crippen molar-refractivity contribution in [3.05, 3.63) is 50.1 Å². The molecule has 0 aliphatic heterocycles. The first-order valence-corrected chi connectivity index (χ1v) is 6.53. The number of hydrogen-bond donors (Lipinski definition) is 0. The second kappa shape index (κ2) is 4.10. The maximum Gasteiger partial charge on any atom is 0.337 e. The molecule has 0 saturated carbocycles. The van der Waals surface area contributed by atoms with Gasteiger partial charge in [-0.2, -0.15) is 0 Å². The molecular weight excluding hydrogens is 248 g/mol. The highest BCUT2D eigenvalue weighted by molar-refractivity contribution is 7.09. The lowest BCUT2D eigenvalue weighted by molar-refractivity contribution is 0.535. The monoisotopic (exact) mass is 260 g/mol. The summed E-state index contributed by atoms with van der Waals surface area (Å²) in [6, 6.07) is 5.59. The first-order valence-electron chi connectivity index (χ1n) is 5.65. The van der Waals surface area contributed by atoms with E-state index in [1.54, 1.807) is 11.3 Å². The molecule has 18 heavy (non-hydrogen) atoms. The highest BCUT2D eigenvalue weighted by Gasteiger charge is 2.13. The van der Waals surface area contributed by atoms with E-state index in [0.717, 1.165) is 16.6 Å². The third-order valence-corrected chi connectivity index (χ3v) is 3.85. The van der Waals surface area contributed by atoms with Gasteiger partial charge in [0, 0.05) is 16.6 Å². The van der Waals surface area contributed by atoms with Crippen molar-refractivity contribution < 1.29 is 4.42 Å². The molecule has 0 aliphatic carbocycles. The van der Waals surface area contributed by atoms with Crippen LogP contribution in [0.1, 0.15) is 16.1 Å². The van der Waals surface area contributed by atoms with Gasteiger partial charge in [-0.05, 0) is 30.9 Å². The normalized spacial score (nSPS) is 11.2. The van der Waals surface area contributed by atoms with E-state index >= 15 is 0 Å². The third-order valence-electron chi connectivity index (χ3n) is 2.99. The Morgan fingerprint density at radius 1 is 1.44 bits per heavy atom. The highest BCUT2D eigenvalue weighted by Crippen LogP contribution is 2.21. The van der Waals surface area contributed by atoms with Crippen LogP contribution in [0.25, 0.3) is 11.1 Å². The summed E-state index contributed by atoms with van der Waals surface area (Å²) in [6.45, 7) is 4.61. The second-order valence-corrected chi connectivity index (χ2v) is 5.28. The number of aryl methyl sites for hydroxylation is 2. The van der Waals surface area contributed by atoms with E-state index in [1.165, 1.54) is 10.9 Å². The van der Waals surface area contributed by atoms with Gasteiger partial charge in [-0.25, -0.2) is 4.79 Å². The Balaban J connectivity index is 2.17. The molecule has 0 unspecified atom stereocenters. The molecule has 0 aromatic carbocycles. The van der Waals surface area contributed by atoms with Crippen molar-refractivity contribution in [3.63, 3.8) is 0 Å². The Morgan fingerprint density at radius 2 is 2.28 bits per heavy atom. The van der Waals surface area contributed by atoms with Gasteiger partial charge in [-0.3, -0.25) is 4.68 Å². The summed E-state index contributed by atoms with van der Waals surface area (Å²) in [4.78, 5) is 12.6. The van der Waals surface area contributed by atoms with Gasteiger partial charge in [-0.1, -0.05) is 6.07 Å². The lowest BCUT2D eigenvalue weighted by atomic mass is 10.2. The molecule has 0 aliphatic rings. The summed E-state index contributed by atoms with van der Waals surface area (Å²) in [7, 11) is 0. The first kappa shape index (κ1) is 11.2. The van der Waals surface area contributed by atoms with Gasteiger partial charge in [-0.15, -0.1) is 16.4 Å².